The van der Waals surface area contributed by atoms with Gasteiger partial charge in [-0.25, -0.2) is 9.97 Å². The summed E-state index contributed by atoms with van der Waals surface area (Å²) in [7, 11) is 4.05. The van der Waals surface area contributed by atoms with Gasteiger partial charge in [0.1, 0.15) is 17.5 Å². The van der Waals surface area contributed by atoms with E-state index in [9.17, 15) is 0 Å². The number of hydrogen-bond acceptors (Lipinski definition) is 5. The first-order valence-corrected chi connectivity index (χ1v) is 8.71. The molecular formula is C19H20BrN5. The van der Waals surface area contributed by atoms with Crippen LogP contribution in [-0.2, 0) is 0 Å². The summed E-state index contributed by atoms with van der Waals surface area (Å²) in [6, 6.07) is 18.1. The van der Waals surface area contributed by atoms with E-state index in [-0.39, 0.29) is 0 Å². The van der Waals surface area contributed by atoms with Gasteiger partial charge in [-0.3, -0.25) is 0 Å². The number of hydrogen-bond donors (Lipinski definition) is 2. The molecule has 128 valence electrons. The van der Waals surface area contributed by atoms with Crippen molar-refractivity contribution in [1.29, 1.82) is 0 Å². The molecule has 0 atom stereocenters. The van der Waals surface area contributed by atoms with Crippen molar-refractivity contribution in [3.8, 4) is 0 Å². The molecule has 1 aromatic heterocycles. The average molecular weight is 398 g/mol. The minimum absolute atomic E-state index is 0.701. The van der Waals surface area contributed by atoms with Crippen LogP contribution in [0.3, 0.4) is 0 Å². The Morgan fingerprint density at radius 2 is 1.48 bits per heavy atom. The molecule has 0 saturated carbocycles. The molecule has 0 aliphatic carbocycles. The van der Waals surface area contributed by atoms with Gasteiger partial charge in [0.2, 0.25) is 0 Å². The van der Waals surface area contributed by atoms with E-state index in [0.29, 0.717) is 5.82 Å². The zero-order valence-electron chi connectivity index (χ0n) is 14.4. The molecule has 0 unspecified atom stereocenters. The highest BCUT2D eigenvalue weighted by molar-refractivity contribution is 9.10. The molecule has 0 bridgehead atoms. The summed E-state index contributed by atoms with van der Waals surface area (Å²) < 4.78 is 1.02. The van der Waals surface area contributed by atoms with Crippen LogP contribution in [0.25, 0.3) is 0 Å². The molecule has 0 saturated heterocycles. The maximum atomic E-state index is 4.46. The van der Waals surface area contributed by atoms with E-state index < -0.39 is 0 Å². The second kappa shape index (κ2) is 7.53. The van der Waals surface area contributed by atoms with Crippen LogP contribution < -0.4 is 15.5 Å². The number of anilines is 5. The van der Waals surface area contributed by atoms with Gasteiger partial charge < -0.3 is 15.5 Å². The lowest BCUT2D eigenvalue weighted by Crippen LogP contribution is -2.08. The third kappa shape index (κ3) is 4.70. The van der Waals surface area contributed by atoms with Crippen LogP contribution in [0.5, 0.6) is 0 Å². The lowest BCUT2D eigenvalue weighted by molar-refractivity contribution is 1.06. The van der Waals surface area contributed by atoms with Crippen molar-refractivity contribution < 1.29 is 0 Å². The highest BCUT2D eigenvalue weighted by Gasteiger charge is 2.04. The fraction of sp³-hybridized carbons (Fsp3) is 0.158. The topological polar surface area (TPSA) is 53.1 Å². The van der Waals surface area contributed by atoms with Gasteiger partial charge in [0.15, 0.2) is 0 Å². The van der Waals surface area contributed by atoms with Crippen molar-refractivity contribution in [1.82, 2.24) is 9.97 Å². The van der Waals surface area contributed by atoms with Gasteiger partial charge in [0, 0.05) is 41.7 Å². The second-order valence-electron chi connectivity index (χ2n) is 5.89. The standard InChI is InChI=1S/C19H20BrN5/c1-13-21-18(23-15-7-9-17(10-8-15)25(2)3)12-19(22-13)24-16-6-4-5-14(20)11-16/h4-12H,1-3H3,(H2,21,22,23,24). The number of nitrogens with zero attached hydrogens (tertiary/aromatic N) is 3. The Bertz CT molecular complexity index is 862. The summed E-state index contributed by atoms with van der Waals surface area (Å²) in [5.74, 6) is 2.20. The van der Waals surface area contributed by atoms with Crippen molar-refractivity contribution in [3.63, 3.8) is 0 Å². The number of benzene rings is 2. The fourth-order valence-electron chi connectivity index (χ4n) is 2.40. The second-order valence-corrected chi connectivity index (χ2v) is 6.80. The summed E-state index contributed by atoms with van der Waals surface area (Å²) >= 11 is 3.48. The van der Waals surface area contributed by atoms with Crippen molar-refractivity contribution in [2.45, 2.75) is 6.92 Å². The molecule has 0 aliphatic rings. The highest BCUT2D eigenvalue weighted by Crippen LogP contribution is 2.23. The smallest absolute Gasteiger partial charge is 0.136 e. The number of aryl methyl sites for hydroxylation is 1. The first-order valence-electron chi connectivity index (χ1n) is 7.92. The van der Waals surface area contributed by atoms with E-state index in [2.05, 4.69) is 53.6 Å². The number of aromatic nitrogens is 2. The molecule has 6 heteroatoms. The largest absolute Gasteiger partial charge is 0.378 e. The zero-order chi connectivity index (χ0) is 17.8. The van der Waals surface area contributed by atoms with Gasteiger partial charge in [0.05, 0.1) is 0 Å². The molecule has 2 aromatic carbocycles. The van der Waals surface area contributed by atoms with Crippen LogP contribution in [0.1, 0.15) is 5.82 Å². The Morgan fingerprint density at radius 3 is 2.08 bits per heavy atom. The average Bonchev–Trinajstić information content (AvgIpc) is 2.54. The summed E-state index contributed by atoms with van der Waals surface area (Å²) in [4.78, 5) is 11.0. The maximum Gasteiger partial charge on any atom is 0.136 e. The lowest BCUT2D eigenvalue weighted by Gasteiger charge is -2.14. The van der Waals surface area contributed by atoms with E-state index in [1.807, 2.05) is 63.5 Å². The molecular weight excluding hydrogens is 378 g/mol. The van der Waals surface area contributed by atoms with Crippen LogP contribution in [0.4, 0.5) is 28.7 Å². The van der Waals surface area contributed by atoms with Crippen LogP contribution >= 0.6 is 15.9 Å². The van der Waals surface area contributed by atoms with Crippen molar-refractivity contribution in [2.24, 2.45) is 0 Å². The molecule has 0 amide bonds. The van der Waals surface area contributed by atoms with E-state index in [0.717, 1.165) is 33.2 Å². The molecule has 1 heterocycles. The third-order valence-corrected chi connectivity index (χ3v) is 4.08. The van der Waals surface area contributed by atoms with Gasteiger partial charge >= 0.3 is 0 Å². The van der Waals surface area contributed by atoms with Crippen LogP contribution in [-0.4, -0.2) is 24.1 Å². The number of nitrogens with one attached hydrogen (secondary N) is 2. The van der Waals surface area contributed by atoms with E-state index in [4.69, 9.17) is 0 Å². The Labute approximate surface area is 156 Å². The van der Waals surface area contributed by atoms with Gasteiger partial charge in [0.25, 0.3) is 0 Å². The summed E-state index contributed by atoms with van der Waals surface area (Å²) in [5.41, 5.74) is 3.10. The molecule has 3 rings (SSSR count). The minimum Gasteiger partial charge on any atom is -0.378 e. The van der Waals surface area contributed by atoms with Crippen LogP contribution in [0.2, 0.25) is 0 Å². The van der Waals surface area contributed by atoms with Crippen molar-refractivity contribution in [2.75, 3.05) is 29.6 Å². The lowest BCUT2D eigenvalue weighted by atomic mass is 10.2. The highest BCUT2D eigenvalue weighted by atomic mass is 79.9. The molecule has 0 aliphatic heterocycles. The SMILES string of the molecule is Cc1nc(Nc2ccc(N(C)C)cc2)cc(Nc2cccc(Br)c2)n1. The minimum atomic E-state index is 0.701. The first-order chi connectivity index (χ1) is 12.0. The number of rotatable bonds is 5. The predicted octanol–water partition coefficient (Wildman–Crippen LogP) is 5.10. The molecule has 0 radical (unpaired) electrons. The molecule has 5 nitrogen and oxygen atoms in total. The third-order valence-electron chi connectivity index (χ3n) is 3.59. The maximum absolute atomic E-state index is 4.46. The molecule has 2 N–H and O–H groups in total. The summed E-state index contributed by atoms with van der Waals surface area (Å²) in [6.45, 7) is 1.88. The van der Waals surface area contributed by atoms with Gasteiger partial charge in [-0.2, -0.15) is 0 Å². The number of halogens is 1. The van der Waals surface area contributed by atoms with Gasteiger partial charge in [-0.15, -0.1) is 0 Å². The van der Waals surface area contributed by atoms with E-state index >= 15 is 0 Å². The Balaban J connectivity index is 1.79. The summed E-state index contributed by atoms with van der Waals surface area (Å²) in [6.07, 6.45) is 0. The molecule has 0 spiro atoms. The molecule has 3 aromatic rings. The normalized spacial score (nSPS) is 10.4. The fourth-order valence-corrected chi connectivity index (χ4v) is 2.80. The Morgan fingerprint density at radius 1 is 0.840 bits per heavy atom. The Hall–Kier alpha value is -2.60. The molecule has 0 fully saturated rings. The van der Waals surface area contributed by atoms with Gasteiger partial charge in [-0.1, -0.05) is 22.0 Å². The van der Waals surface area contributed by atoms with Crippen molar-refractivity contribution in [3.05, 3.63) is 64.9 Å². The van der Waals surface area contributed by atoms with E-state index in [1.54, 1.807) is 0 Å². The van der Waals surface area contributed by atoms with Crippen LogP contribution in [0.15, 0.2) is 59.1 Å². The monoisotopic (exact) mass is 397 g/mol. The quantitative estimate of drug-likeness (QED) is 0.626. The summed E-state index contributed by atoms with van der Waals surface area (Å²) in [5, 5.41) is 6.64. The van der Waals surface area contributed by atoms with Gasteiger partial charge in [-0.05, 0) is 49.4 Å². The van der Waals surface area contributed by atoms with E-state index in [1.165, 1.54) is 0 Å². The molecule has 25 heavy (non-hydrogen) atoms. The first kappa shape index (κ1) is 17.2. The Kier molecular flexibility index (Phi) is 5.19. The zero-order valence-corrected chi connectivity index (χ0v) is 16.0. The predicted molar refractivity (Wildman–Crippen MR) is 108 cm³/mol. The van der Waals surface area contributed by atoms with Crippen molar-refractivity contribution >= 4 is 44.6 Å². The van der Waals surface area contributed by atoms with Crippen LogP contribution in [0, 0.1) is 6.92 Å².